The number of hydrogen-bond donors (Lipinski definition) is 1. The molecule has 1 saturated carbocycles. The van der Waals surface area contributed by atoms with Gasteiger partial charge in [-0.2, -0.15) is 0 Å². The van der Waals surface area contributed by atoms with Gasteiger partial charge in [0, 0.05) is 17.6 Å². The Labute approximate surface area is 126 Å². The lowest BCUT2D eigenvalue weighted by Gasteiger charge is -2.26. The lowest BCUT2D eigenvalue weighted by Crippen LogP contribution is -2.31. The van der Waals surface area contributed by atoms with E-state index in [1.807, 2.05) is 6.20 Å². The maximum Gasteiger partial charge on any atom is 0.120 e. The average molecular weight is 284 g/mol. The normalized spacial score (nSPS) is 22.7. The number of aromatic nitrogens is 1. The van der Waals surface area contributed by atoms with E-state index in [1.54, 1.807) is 0 Å². The van der Waals surface area contributed by atoms with Crippen molar-refractivity contribution in [1.29, 1.82) is 0 Å². The highest BCUT2D eigenvalue weighted by Gasteiger charge is 2.20. The van der Waals surface area contributed by atoms with Crippen LogP contribution in [0.4, 0.5) is 0 Å². The summed E-state index contributed by atoms with van der Waals surface area (Å²) < 4.78 is 6.14. The minimum absolute atomic E-state index is 0.314. The predicted molar refractivity (Wildman–Crippen MR) is 86.7 cm³/mol. The van der Waals surface area contributed by atoms with Gasteiger partial charge in [-0.3, -0.25) is 4.98 Å². The second-order valence-electron chi connectivity index (χ2n) is 6.39. The molecule has 1 heterocycles. The van der Waals surface area contributed by atoms with Crippen molar-refractivity contribution in [3.05, 3.63) is 36.2 Å². The number of fused-ring (bicyclic) bond motifs is 1. The van der Waals surface area contributed by atoms with Crippen molar-refractivity contribution in [2.24, 2.45) is 5.73 Å². The number of pyridine rings is 1. The molecule has 3 nitrogen and oxygen atoms in total. The van der Waals surface area contributed by atoms with Gasteiger partial charge in [0.2, 0.25) is 0 Å². The third-order valence-corrected chi connectivity index (χ3v) is 4.34. The number of benzene rings is 1. The summed E-state index contributed by atoms with van der Waals surface area (Å²) in [7, 11) is 0. The molecule has 2 N–H and O–H groups in total. The first-order valence-corrected chi connectivity index (χ1v) is 7.94. The highest BCUT2D eigenvalue weighted by atomic mass is 16.5. The molecule has 3 heteroatoms. The van der Waals surface area contributed by atoms with E-state index in [1.165, 1.54) is 10.8 Å². The zero-order valence-corrected chi connectivity index (χ0v) is 12.9. The quantitative estimate of drug-likeness (QED) is 0.926. The van der Waals surface area contributed by atoms with Crippen LogP contribution in [0, 0.1) is 0 Å². The largest absolute Gasteiger partial charge is 0.490 e. The van der Waals surface area contributed by atoms with Crippen LogP contribution in [0.3, 0.4) is 0 Å². The van der Waals surface area contributed by atoms with Gasteiger partial charge in [0.1, 0.15) is 5.75 Å². The lowest BCUT2D eigenvalue weighted by molar-refractivity contribution is 0.147. The Morgan fingerprint density at radius 3 is 2.62 bits per heavy atom. The van der Waals surface area contributed by atoms with Crippen LogP contribution in [0.15, 0.2) is 30.5 Å². The topological polar surface area (TPSA) is 48.1 Å². The van der Waals surface area contributed by atoms with E-state index >= 15 is 0 Å². The van der Waals surface area contributed by atoms with Crippen molar-refractivity contribution >= 4 is 10.8 Å². The van der Waals surface area contributed by atoms with Crippen molar-refractivity contribution in [3.63, 3.8) is 0 Å². The predicted octanol–water partition coefficient (Wildman–Crippen LogP) is 4.01. The molecule has 0 amide bonds. The Morgan fingerprint density at radius 2 is 1.90 bits per heavy atom. The van der Waals surface area contributed by atoms with Crippen LogP contribution in [0.1, 0.15) is 51.1 Å². The zero-order valence-electron chi connectivity index (χ0n) is 12.9. The van der Waals surface area contributed by atoms with Gasteiger partial charge in [-0.15, -0.1) is 0 Å². The molecule has 0 atom stereocenters. The maximum absolute atomic E-state index is 6.14. The number of nitrogens with two attached hydrogens (primary N) is 1. The molecule has 0 bridgehead atoms. The standard InChI is InChI=1S/C18H24N2O/c1-12(2)18-17-8-7-16(11-13(17)9-10-20-18)21-15-5-3-14(19)4-6-15/h7-12,14-15H,3-6,19H2,1-2H3. The van der Waals surface area contributed by atoms with Crippen molar-refractivity contribution < 1.29 is 4.74 Å². The molecule has 1 aromatic heterocycles. The lowest BCUT2D eigenvalue weighted by atomic mass is 9.93. The molecule has 0 unspecified atom stereocenters. The number of rotatable bonds is 3. The van der Waals surface area contributed by atoms with E-state index in [0.717, 1.165) is 37.1 Å². The van der Waals surface area contributed by atoms with Crippen LogP contribution in [-0.2, 0) is 0 Å². The van der Waals surface area contributed by atoms with E-state index in [2.05, 4.69) is 43.1 Å². The molecule has 0 radical (unpaired) electrons. The Kier molecular flexibility index (Phi) is 4.11. The summed E-state index contributed by atoms with van der Waals surface area (Å²) in [6, 6.07) is 8.77. The highest BCUT2D eigenvalue weighted by molar-refractivity contribution is 5.86. The van der Waals surface area contributed by atoms with Crippen molar-refractivity contribution in [2.75, 3.05) is 0 Å². The monoisotopic (exact) mass is 284 g/mol. The second kappa shape index (κ2) is 6.02. The summed E-state index contributed by atoms with van der Waals surface area (Å²) in [5.41, 5.74) is 7.10. The summed E-state index contributed by atoms with van der Waals surface area (Å²) in [6.07, 6.45) is 6.47. The first-order chi connectivity index (χ1) is 10.1. The average Bonchev–Trinajstić information content (AvgIpc) is 2.48. The molecule has 21 heavy (non-hydrogen) atoms. The SMILES string of the molecule is CC(C)c1nccc2cc(OC3CCC(N)CC3)ccc12. The summed E-state index contributed by atoms with van der Waals surface area (Å²) in [4.78, 5) is 4.51. The summed E-state index contributed by atoms with van der Waals surface area (Å²) in [5, 5.41) is 2.43. The second-order valence-corrected chi connectivity index (χ2v) is 6.39. The molecule has 112 valence electrons. The van der Waals surface area contributed by atoms with Crippen LogP contribution >= 0.6 is 0 Å². The van der Waals surface area contributed by atoms with Crippen molar-refractivity contribution in [2.45, 2.75) is 57.6 Å². The Morgan fingerprint density at radius 1 is 1.14 bits per heavy atom. The van der Waals surface area contributed by atoms with E-state index in [4.69, 9.17) is 10.5 Å². The van der Waals surface area contributed by atoms with Crippen LogP contribution in [0.5, 0.6) is 5.75 Å². The summed E-state index contributed by atoms with van der Waals surface area (Å²) >= 11 is 0. The Balaban J connectivity index is 1.81. The molecular formula is C18H24N2O. The third kappa shape index (κ3) is 3.18. The van der Waals surface area contributed by atoms with Crippen LogP contribution < -0.4 is 10.5 Å². The molecule has 0 saturated heterocycles. The van der Waals surface area contributed by atoms with Gasteiger partial charge in [0.15, 0.2) is 0 Å². The molecule has 3 rings (SSSR count). The van der Waals surface area contributed by atoms with E-state index in [-0.39, 0.29) is 0 Å². The molecule has 0 aliphatic heterocycles. The molecule has 1 fully saturated rings. The van der Waals surface area contributed by atoms with Gasteiger partial charge in [0.05, 0.1) is 11.8 Å². The van der Waals surface area contributed by atoms with Crippen molar-refractivity contribution in [3.8, 4) is 5.75 Å². The van der Waals surface area contributed by atoms with Gasteiger partial charge >= 0.3 is 0 Å². The first kappa shape index (κ1) is 14.3. The highest BCUT2D eigenvalue weighted by Crippen LogP contribution is 2.29. The van der Waals surface area contributed by atoms with E-state index in [9.17, 15) is 0 Å². The number of ether oxygens (including phenoxy) is 1. The van der Waals surface area contributed by atoms with Gasteiger partial charge in [-0.1, -0.05) is 13.8 Å². The fraction of sp³-hybridized carbons (Fsp3) is 0.500. The van der Waals surface area contributed by atoms with E-state index in [0.29, 0.717) is 18.1 Å². The van der Waals surface area contributed by atoms with Gasteiger partial charge in [0.25, 0.3) is 0 Å². The molecule has 1 aliphatic rings. The van der Waals surface area contributed by atoms with E-state index < -0.39 is 0 Å². The molecule has 1 aliphatic carbocycles. The number of hydrogen-bond acceptors (Lipinski definition) is 3. The van der Waals surface area contributed by atoms with Crippen LogP contribution in [0.25, 0.3) is 10.8 Å². The molecular weight excluding hydrogens is 260 g/mol. The third-order valence-electron chi connectivity index (χ3n) is 4.34. The fourth-order valence-electron chi connectivity index (χ4n) is 3.11. The first-order valence-electron chi connectivity index (χ1n) is 7.94. The molecule has 2 aromatic rings. The summed E-state index contributed by atoms with van der Waals surface area (Å²) in [5.74, 6) is 1.39. The van der Waals surface area contributed by atoms with Crippen LogP contribution in [-0.4, -0.2) is 17.1 Å². The fourth-order valence-corrected chi connectivity index (χ4v) is 3.11. The maximum atomic E-state index is 6.14. The smallest absolute Gasteiger partial charge is 0.120 e. The summed E-state index contributed by atoms with van der Waals surface area (Å²) in [6.45, 7) is 4.36. The van der Waals surface area contributed by atoms with Gasteiger partial charge < -0.3 is 10.5 Å². The molecule has 1 aromatic carbocycles. The number of nitrogens with zero attached hydrogens (tertiary/aromatic N) is 1. The molecule has 0 spiro atoms. The minimum atomic E-state index is 0.314. The van der Waals surface area contributed by atoms with Gasteiger partial charge in [-0.25, -0.2) is 0 Å². The Bertz CT molecular complexity index is 616. The van der Waals surface area contributed by atoms with Crippen LogP contribution in [0.2, 0.25) is 0 Å². The minimum Gasteiger partial charge on any atom is -0.490 e. The van der Waals surface area contributed by atoms with Crippen molar-refractivity contribution in [1.82, 2.24) is 4.98 Å². The van der Waals surface area contributed by atoms with Gasteiger partial charge in [-0.05, 0) is 61.3 Å². The zero-order chi connectivity index (χ0) is 14.8. The Hall–Kier alpha value is -1.61.